The van der Waals surface area contributed by atoms with Crippen molar-refractivity contribution >= 4 is 31.9 Å². The summed E-state index contributed by atoms with van der Waals surface area (Å²) in [7, 11) is 1.99. The van der Waals surface area contributed by atoms with E-state index in [0.29, 0.717) is 0 Å². The fraction of sp³-hybridized carbons (Fsp3) is 0.667. The Bertz CT molecular complexity index is 326. The molecular weight excluding hydrogens is 310 g/mol. The Morgan fingerprint density at radius 2 is 1.93 bits per heavy atom. The van der Waals surface area contributed by atoms with Crippen LogP contribution in [0.5, 0.6) is 0 Å². The predicted molar refractivity (Wildman–Crippen MR) is 65.2 cm³/mol. The molecule has 1 rings (SSSR count). The second-order valence-corrected chi connectivity index (χ2v) is 5.77. The molecule has 14 heavy (non-hydrogen) atoms. The van der Waals surface area contributed by atoms with Crippen LogP contribution in [0.4, 0.5) is 0 Å². The number of hydrogen-bond donors (Lipinski definition) is 1. The number of aromatic nitrogens is 2. The van der Waals surface area contributed by atoms with Crippen LogP contribution in [-0.2, 0) is 13.6 Å². The Morgan fingerprint density at radius 1 is 1.36 bits per heavy atom. The van der Waals surface area contributed by atoms with Crippen LogP contribution in [0.25, 0.3) is 0 Å². The van der Waals surface area contributed by atoms with E-state index in [1.807, 2.05) is 11.6 Å². The first-order valence-corrected chi connectivity index (χ1v) is 6.01. The van der Waals surface area contributed by atoms with Crippen molar-refractivity contribution in [3.05, 3.63) is 15.0 Å². The summed E-state index contributed by atoms with van der Waals surface area (Å²) in [6, 6.07) is 0. The molecule has 0 saturated heterocycles. The first kappa shape index (κ1) is 12.2. The van der Waals surface area contributed by atoms with Gasteiger partial charge in [0, 0.05) is 12.6 Å². The molecule has 0 aliphatic carbocycles. The molecule has 0 fully saturated rings. The lowest BCUT2D eigenvalue weighted by Gasteiger charge is -2.20. The first-order chi connectivity index (χ1) is 6.31. The summed E-state index contributed by atoms with van der Waals surface area (Å²) in [5.74, 6) is 1.01. The van der Waals surface area contributed by atoms with Crippen LogP contribution < -0.4 is 5.32 Å². The standard InChI is InChI=1S/C9H15Br2N3/c1-9(2,3)12-5-6-13-7(10)8(11)14(6)4/h12H,5H2,1-4H3. The van der Waals surface area contributed by atoms with E-state index in [-0.39, 0.29) is 5.54 Å². The summed E-state index contributed by atoms with van der Waals surface area (Å²) in [5, 5.41) is 3.39. The average Bonchev–Trinajstić information content (AvgIpc) is 2.28. The smallest absolute Gasteiger partial charge is 0.139 e. The average molecular weight is 325 g/mol. The lowest BCUT2D eigenvalue weighted by Crippen LogP contribution is -2.35. The molecule has 0 aliphatic rings. The summed E-state index contributed by atoms with van der Waals surface area (Å²) in [5.41, 5.74) is 0.116. The van der Waals surface area contributed by atoms with Gasteiger partial charge in [-0.3, -0.25) is 0 Å². The fourth-order valence-electron chi connectivity index (χ4n) is 0.988. The second-order valence-electron chi connectivity index (χ2n) is 4.27. The Kier molecular flexibility index (Phi) is 3.77. The normalized spacial score (nSPS) is 12.1. The van der Waals surface area contributed by atoms with Gasteiger partial charge in [-0.1, -0.05) is 0 Å². The van der Waals surface area contributed by atoms with Gasteiger partial charge in [0.25, 0.3) is 0 Å². The second kappa shape index (κ2) is 4.33. The van der Waals surface area contributed by atoms with Crippen molar-refractivity contribution in [1.82, 2.24) is 14.9 Å². The highest BCUT2D eigenvalue weighted by Crippen LogP contribution is 2.22. The van der Waals surface area contributed by atoms with Crippen LogP contribution in [0.1, 0.15) is 26.6 Å². The van der Waals surface area contributed by atoms with E-state index in [0.717, 1.165) is 21.6 Å². The third kappa shape index (κ3) is 3.07. The number of rotatable bonds is 2. The third-order valence-electron chi connectivity index (χ3n) is 1.86. The molecule has 5 heteroatoms. The fourth-order valence-corrected chi connectivity index (χ4v) is 1.75. The van der Waals surface area contributed by atoms with E-state index in [9.17, 15) is 0 Å². The maximum absolute atomic E-state index is 4.38. The van der Waals surface area contributed by atoms with Crippen molar-refractivity contribution in [3.8, 4) is 0 Å². The van der Waals surface area contributed by atoms with Crippen LogP contribution in [0, 0.1) is 0 Å². The van der Waals surface area contributed by atoms with Gasteiger partial charge in [0.2, 0.25) is 0 Å². The monoisotopic (exact) mass is 323 g/mol. The van der Waals surface area contributed by atoms with E-state index in [2.05, 4.69) is 62.9 Å². The van der Waals surface area contributed by atoms with E-state index >= 15 is 0 Å². The molecule has 0 aromatic carbocycles. The zero-order chi connectivity index (χ0) is 10.9. The van der Waals surface area contributed by atoms with Gasteiger partial charge in [-0.25, -0.2) is 4.98 Å². The molecule has 1 N–H and O–H groups in total. The van der Waals surface area contributed by atoms with E-state index in [4.69, 9.17) is 0 Å². The predicted octanol–water partition coefficient (Wildman–Crippen LogP) is 2.83. The van der Waals surface area contributed by atoms with Crippen molar-refractivity contribution in [2.45, 2.75) is 32.9 Å². The van der Waals surface area contributed by atoms with Crippen LogP contribution in [0.3, 0.4) is 0 Å². The Hall–Kier alpha value is 0.130. The molecule has 0 spiro atoms. The van der Waals surface area contributed by atoms with Gasteiger partial charge in [0.05, 0.1) is 6.54 Å². The lowest BCUT2D eigenvalue weighted by atomic mass is 10.1. The zero-order valence-electron chi connectivity index (χ0n) is 8.86. The summed E-state index contributed by atoms with van der Waals surface area (Å²) in [6.45, 7) is 7.18. The molecular formula is C9H15Br2N3. The first-order valence-electron chi connectivity index (χ1n) is 4.43. The number of imidazole rings is 1. The van der Waals surface area contributed by atoms with Crippen molar-refractivity contribution in [1.29, 1.82) is 0 Å². The summed E-state index contributed by atoms with van der Waals surface area (Å²) >= 11 is 6.83. The molecule has 0 radical (unpaired) electrons. The van der Waals surface area contributed by atoms with E-state index in [1.165, 1.54) is 0 Å². The lowest BCUT2D eigenvalue weighted by molar-refractivity contribution is 0.414. The van der Waals surface area contributed by atoms with Gasteiger partial charge in [0.1, 0.15) is 15.0 Å². The highest BCUT2D eigenvalue weighted by molar-refractivity contribution is 9.13. The molecule has 1 aromatic rings. The molecule has 3 nitrogen and oxygen atoms in total. The Balaban J connectivity index is 2.73. The minimum atomic E-state index is 0.116. The molecule has 1 heterocycles. The Morgan fingerprint density at radius 3 is 2.29 bits per heavy atom. The molecule has 0 aliphatic heterocycles. The molecule has 0 atom stereocenters. The molecule has 80 valence electrons. The molecule has 0 bridgehead atoms. The number of nitrogens with one attached hydrogen (secondary N) is 1. The number of nitrogens with zero attached hydrogens (tertiary/aromatic N) is 2. The summed E-state index contributed by atoms with van der Waals surface area (Å²) in [6.07, 6.45) is 0. The highest BCUT2D eigenvalue weighted by atomic mass is 79.9. The highest BCUT2D eigenvalue weighted by Gasteiger charge is 2.13. The van der Waals surface area contributed by atoms with Gasteiger partial charge in [-0.15, -0.1) is 0 Å². The SMILES string of the molecule is Cn1c(CNC(C)(C)C)nc(Br)c1Br. The number of halogens is 2. The van der Waals surface area contributed by atoms with E-state index < -0.39 is 0 Å². The Labute approximate surface area is 102 Å². The molecule has 0 unspecified atom stereocenters. The van der Waals surface area contributed by atoms with Gasteiger partial charge in [0.15, 0.2) is 0 Å². The maximum Gasteiger partial charge on any atom is 0.139 e. The van der Waals surface area contributed by atoms with Crippen molar-refractivity contribution in [2.75, 3.05) is 0 Å². The maximum atomic E-state index is 4.38. The van der Waals surface area contributed by atoms with Gasteiger partial charge < -0.3 is 9.88 Å². The van der Waals surface area contributed by atoms with Crippen LogP contribution in [0.15, 0.2) is 9.21 Å². The quantitative estimate of drug-likeness (QED) is 0.906. The summed E-state index contributed by atoms with van der Waals surface area (Å²) < 4.78 is 3.84. The summed E-state index contributed by atoms with van der Waals surface area (Å²) in [4.78, 5) is 4.38. The molecule has 0 amide bonds. The van der Waals surface area contributed by atoms with Crippen LogP contribution in [-0.4, -0.2) is 15.1 Å². The topological polar surface area (TPSA) is 29.9 Å². The number of hydrogen-bond acceptors (Lipinski definition) is 2. The zero-order valence-corrected chi connectivity index (χ0v) is 12.0. The largest absolute Gasteiger partial charge is 0.324 e. The van der Waals surface area contributed by atoms with Crippen molar-refractivity contribution in [2.24, 2.45) is 7.05 Å². The van der Waals surface area contributed by atoms with Crippen LogP contribution >= 0.6 is 31.9 Å². The van der Waals surface area contributed by atoms with E-state index in [1.54, 1.807) is 0 Å². The van der Waals surface area contributed by atoms with Crippen molar-refractivity contribution < 1.29 is 0 Å². The van der Waals surface area contributed by atoms with Gasteiger partial charge in [-0.2, -0.15) is 0 Å². The minimum Gasteiger partial charge on any atom is -0.324 e. The van der Waals surface area contributed by atoms with Crippen LogP contribution in [0.2, 0.25) is 0 Å². The molecule has 0 saturated carbocycles. The molecule has 1 aromatic heterocycles. The van der Waals surface area contributed by atoms with Gasteiger partial charge >= 0.3 is 0 Å². The minimum absolute atomic E-state index is 0.116. The third-order valence-corrected chi connectivity index (χ3v) is 3.85. The van der Waals surface area contributed by atoms with Gasteiger partial charge in [-0.05, 0) is 52.6 Å². The van der Waals surface area contributed by atoms with Crippen molar-refractivity contribution in [3.63, 3.8) is 0 Å².